The first-order valence-corrected chi connectivity index (χ1v) is 11.7. The molecule has 8 heteroatoms. The Balaban J connectivity index is 1.63. The summed E-state index contributed by atoms with van der Waals surface area (Å²) >= 11 is 6.07. The average Bonchev–Trinajstić information content (AvgIpc) is 2.68. The van der Waals surface area contributed by atoms with E-state index in [1.807, 2.05) is 24.3 Å². The predicted octanol–water partition coefficient (Wildman–Crippen LogP) is 3.23. The van der Waals surface area contributed by atoms with Gasteiger partial charge in [-0.1, -0.05) is 17.7 Å². The Morgan fingerprint density at radius 1 is 1.11 bits per heavy atom. The van der Waals surface area contributed by atoms with Crippen molar-refractivity contribution >= 4 is 38.9 Å². The summed E-state index contributed by atoms with van der Waals surface area (Å²) in [5.41, 5.74) is 3.56. The quantitative estimate of drug-likeness (QED) is 0.826. The molecule has 6 nitrogen and oxygen atoms in total. The minimum atomic E-state index is -3.02. The minimum Gasteiger partial charge on any atom is -0.340 e. The van der Waals surface area contributed by atoms with Gasteiger partial charge >= 0.3 is 0 Å². The molecule has 28 heavy (non-hydrogen) atoms. The number of aromatic nitrogens is 1. The first-order valence-electron chi connectivity index (χ1n) is 9.46. The maximum Gasteiger partial charge on any atom is 0.255 e. The summed E-state index contributed by atoms with van der Waals surface area (Å²) in [5, 5.41) is 3.97. The summed E-state index contributed by atoms with van der Waals surface area (Å²) in [4.78, 5) is 19.2. The number of nitrogens with one attached hydrogen (secondary N) is 1. The van der Waals surface area contributed by atoms with Crippen molar-refractivity contribution in [3.63, 3.8) is 0 Å². The summed E-state index contributed by atoms with van der Waals surface area (Å²) in [6, 6.07) is 7.46. The second-order valence-corrected chi connectivity index (χ2v) is 10.0. The van der Waals surface area contributed by atoms with Crippen LogP contribution in [0, 0.1) is 0 Å². The number of halogens is 1. The van der Waals surface area contributed by atoms with Gasteiger partial charge in [-0.15, -0.1) is 0 Å². The summed E-state index contributed by atoms with van der Waals surface area (Å²) in [6.07, 6.45) is 5.40. The number of fused-ring (bicyclic) bond motifs is 1. The molecular weight excluding hydrogens is 398 g/mol. The van der Waals surface area contributed by atoms with Crippen molar-refractivity contribution in [3.8, 4) is 0 Å². The van der Waals surface area contributed by atoms with Crippen LogP contribution in [-0.2, 0) is 22.7 Å². The SMILES string of the molecule is O=C(c1cnc(Nc2cccc(Cl)c2)c2c1CCCC2)N1CCS(=O)(=O)CC1. The van der Waals surface area contributed by atoms with Crippen LogP contribution in [0.3, 0.4) is 0 Å². The molecule has 1 amide bonds. The molecule has 1 N–H and O–H groups in total. The Bertz CT molecular complexity index is 1010. The monoisotopic (exact) mass is 419 g/mol. The smallest absolute Gasteiger partial charge is 0.255 e. The number of benzene rings is 1. The number of carbonyl (C=O) groups excluding carboxylic acids is 1. The highest BCUT2D eigenvalue weighted by Crippen LogP contribution is 2.32. The van der Waals surface area contributed by atoms with Gasteiger partial charge in [-0.05, 0) is 55.0 Å². The average molecular weight is 420 g/mol. The normalized spacial score (nSPS) is 18.4. The highest BCUT2D eigenvalue weighted by Gasteiger charge is 2.29. The van der Waals surface area contributed by atoms with Gasteiger partial charge in [0.05, 0.1) is 17.1 Å². The molecule has 0 bridgehead atoms. The predicted molar refractivity (Wildman–Crippen MR) is 110 cm³/mol. The van der Waals surface area contributed by atoms with Gasteiger partial charge in [0.25, 0.3) is 5.91 Å². The number of sulfone groups is 1. The Labute approximate surface area is 169 Å². The summed E-state index contributed by atoms with van der Waals surface area (Å²) in [6.45, 7) is 0.497. The Morgan fingerprint density at radius 3 is 2.54 bits per heavy atom. The molecule has 1 fully saturated rings. The van der Waals surface area contributed by atoms with Gasteiger partial charge in [-0.3, -0.25) is 4.79 Å². The third-order valence-corrected chi connectivity index (χ3v) is 7.20. The molecule has 148 valence electrons. The zero-order valence-electron chi connectivity index (χ0n) is 15.4. The molecule has 2 aliphatic rings. The van der Waals surface area contributed by atoms with E-state index < -0.39 is 9.84 Å². The Hall–Kier alpha value is -2.12. The van der Waals surface area contributed by atoms with E-state index in [2.05, 4.69) is 10.3 Å². The van der Waals surface area contributed by atoms with Gasteiger partial charge in [0, 0.05) is 30.0 Å². The lowest BCUT2D eigenvalue weighted by Gasteiger charge is -2.29. The molecule has 0 radical (unpaired) electrons. The molecule has 0 spiro atoms. The van der Waals surface area contributed by atoms with E-state index in [4.69, 9.17) is 11.6 Å². The van der Waals surface area contributed by atoms with E-state index in [0.29, 0.717) is 10.6 Å². The number of pyridine rings is 1. The summed E-state index contributed by atoms with van der Waals surface area (Å²) in [5.74, 6) is 0.704. The third-order valence-electron chi connectivity index (χ3n) is 5.35. The molecule has 2 heterocycles. The van der Waals surface area contributed by atoms with Gasteiger partial charge in [0.15, 0.2) is 9.84 Å². The highest BCUT2D eigenvalue weighted by atomic mass is 35.5. The van der Waals surface area contributed by atoms with Crippen LogP contribution in [0.15, 0.2) is 30.5 Å². The van der Waals surface area contributed by atoms with Crippen molar-refractivity contribution in [3.05, 3.63) is 52.2 Å². The standard InChI is InChI=1S/C20H22ClN3O3S/c21-14-4-3-5-15(12-14)23-19-17-7-2-1-6-16(17)18(13-22-19)20(25)24-8-10-28(26,27)11-9-24/h3-5,12-13H,1-2,6-11H2,(H,22,23). The van der Waals surface area contributed by atoms with Crippen molar-refractivity contribution in [2.45, 2.75) is 25.7 Å². The maximum absolute atomic E-state index is 13.1. The molecule has 1 aromatic carbocycles. The van der Waals surface area contributed by atoms with Crippen LogP contribution in [-0.4, -0.2) is 48.8 Å². The van der Waals surface area contributed by atoms with Crippen molar-refractivity contribution in [1.29, 1.82) is 0 Å². The van der Waals surface area contributed by atoms with E-state index in [9.17, 15) is 13.2 Å². The van der Waals surface area contributed by atoms with Crippen molar-refractivity contribution < 1.29 is 13.2 Å². The fourth-order valence-corrected chi connectivity index (χ4v) is 5.22. The lowest BCUT2D eigenvalue weighted by atomic mass is 9.88. The minimum absolute atomic E-state index is 0.0305. The van der Waals surface area contributed by atoms with Gasteiger partial charge in [-0.2, -0.15) is 0 Å². The molecule has 0 atom stereocenters. The van der Waals surface area contributed by atoms with Crippen LogP contribution in [0.1, 0.15) is 34.3 Å². The maximum atomic E-state index is 13.1. The second kappa shape index (κ2) is 7.72. The van der Waals surface area contributed by atoms with Gasteiger partial charge in [-0.25, -0.2) is 13.4 Å². The molecule has 4 rings (SSSR count). The fraction of sp³-hybridized carbons (Fsp3) is 0.400. The van der Waals surface area contributed by atoms with Crippen LogP contribution in [0.2, 0.25) is 5.02 Å². The highest BCUT2D eigenvalue weighted by molar-refractivity contribution is 7.91. The van der Waals surface area contributed by atoms with E-state index in [1.54, 1.807) is 11.1 Å². The molecular formula is C20H22ClN3O3S. The van der Waals surface area contributed by atoms with Crippen molar-refractivity contribution in [2.24, 2.45) is 0 Å². The number of carbonyl (C=O) groups is 1. The van der Waals surface area contributed by atoms with E-state index in [0.717, 1.165) is 48.3 Å². The Morgan fingerprint density at radius 2 is 1.82 bits per heavy atom. The third kappa shape index (κ3) is 4.00. The molecule has 2 aromatic rings. The molecule has 0 unspecified atom stereocenters. The summed E-state index contributed by atoms with van der Waals surface area (Å²) < 4.78 is 23.3. The molecule has 1 saturated heterocycles. The topological polar surface area (TPSA) is 79.4 Å². The number of anilines is 2. The summed E-state index contributed by atoms with van der Waals surface area (Å²) in [7, 11) is -3.02. The van der Waals surface area contributed by atoms with E-state index >= 15 is 0 Å². The number of hydrogen-bond acceptors (Lipinski definition) is 5. The van der Waals surface area contributed by atoms with Gasteiger partial charge in [0.1, 0.15) is 5.82 Å². The lowest BCUT2D eigenvalue weighted by Crippen LogP contribution is -2.44. The Kier molecular flexibility index (Phi) is 5.29. The lowest BCUT2D eigenvalue weighted by molar-refractivity contribution is 0.0768. The number of hydrogen-bond donors (Lipinski definition) is 1. The molecule has 1 aliphatic heterocycles. The number of rotatable bonds is 3. The molecule has 1 aromatic heterocycles. The number of nitrogens with zero attached hydrogens (tertiary/aromatic N) is 2. The second-order valence-electron chi connectivity index (χ2n) is 7.26. The van der Waals surface area contributed by atoms with Gasteiger partial charge < -0.3 is 10.2 Å². The largest absolute Gasteiger partial charge is 0.340 e. The van der Waals surface area contributed by atoms with E-state index in [-0.39, 0.29) is 30.5 Å². The first-order chi connectivity index (χ1) is 13.4. The molecule has 1 aliphatic carbocycles. The van der Waals surface area contributed by atoms with Crippen LogP contribution in [0.4, 0.5) is 11.5 Å². The van der Waals surface area contributed by atoms with Crippen molar-refractivity contribution in [1.82, 2.24) is 9.88 Å². The number of amides is 1. The fourth-order valence-electron chi connectivity index (χ4n) is 3.83. The first kappa shape index (κ1) is 19.2. The van der Waals surface area contributed by atoms with Crippen LogP contribution in [0.25, 0.3) is 0 Å². The van der Waals surface area contributed by atoms with Crippen LogP contribution >= 0.6 is 11.6 Å². The van der Waals surface area contributed by atoms with E-state index in [1.165, 1.54) is 0 Å². The zero-order valence-corrected chi connectivity index (χ0v) is 17.0. The van der Waals surface area contributed by atoms with Crippen LogP contribution in [0.5, 0.6) is 0 Å². The zero-order chi connectivity index (χ0) is 19.7. The van der Waals surface area contributed by atoms with Gasteiger partial charge in [0.2, 0.25) is 0 Å². The van der Waals surface area contributed by atoms with Crippen LogP contribution < -0.4 is 5.32 Å². The molecule has 0 saturated carbocycles. The van der Waals surface area contributed by atoms with Crippen molar-refractivity contribution in [2.75, 3.05) is 29.9 Å².